The number of carbonyl (C=O) groups is 3. The van der Waals surface area contributed by atoms with Gasteiger partial charge in [0.15, 0.2) is 0 Å². The molecular formula is C22H24BrN3O4S. The van der Waals surface area contributed by atoms with E-state index in [0.29, 0.717) is 10.6 Å². The number of benzene rings is 1. The van der Waals surface area contributed by atoms with Gasteiger partial charge in [0.1, 0.15) is 5.92 Å². The lowest BCUT2D eigenvalue weighted by Gasteiger charge is -2.34. The molecule has 9 heteroatoms. The third-order valence-electron chi connectivity index (χ3n) is 5.65. The molecule has 2 aliphatic rings. The number of nitriles is 1. The Hall–Kier alpha value is -2.31. The summed E-state index contributed by atoms with van der Waals surface area (Å²) in [5.74, 6) is -3.15. The zero-order valence-corrected chi connectivity index (χ0v) is 19.8. The highest BCUT2D eigenvalue weighted by Crippen LogP contribution is 2.40. The summed E-state index contributed by atoms with van der Waals surface area (Å²) < 4.78 is 5.61. The van der Waals surface area contributed by atoms with Crippen molar-refractivity contribution in [1.82, 2.24) is 10.2 Å². The first kappa shape index (κ1) is 23.4. The number of hydrogen-bond acceptors (Lipinski definition) is 6. The van der Waals surface area contributed by atoms with Gasteiger partial charge in [-0.3, -0.25) is 14.4 Å². The second-order valence-corrected chi connectivity index (χ2v) is 9.50. The van der Waals surface area contributed by atoms with Crippen LogP contribution in [0.15, 0.2) is 39.3 Å². The van der Waals surface area contributed by atoms with Crippen molar-refractivity contribution in [3.05, 3.63) is 44.9 Å². The maximum atomic E-state index is 12.9. The zero-order valence-electron chi connectivity index (χ0n) is 17.4. The Morgan fingerprint density at radius 3 is 2.81 bits per heavy atom. The highest BCUT2D eigenvalue weighted by atomic mass is 79.9. The van der Waals surface area contributed by atoms with Crippen molar-refractivity contribution in [1.29, 1.82) is 5.26 Å². The van der Waals surface area contributed by atoms with E-state index in [4.69, 9.17) is 4.74 Å². The molecule has 2 heterocycles. The van der Waals surface area contributed by atoms with Crippen LogP contribution in [0, 0.1) is 17.2 Å². The van der Waals surface area contributed by atoms with E-state index in [9.17, 15) is 19.6 Å². The fraction of sp³-hybridized carbons (Fsp3) is 0.455. The van der Waals surface area contributed by atoms with Crippen molar-refractivity contribution < 1.29 is 19.1 Å². The molecule has 1 saturated heterocycles. The van der Waals surface area contributed by atoms with Crippen LogP contribution in [0.4, 0.5) is 0 Å². The number of nitrogens with one attached hydrogen (secondary N) is 1. The number of halogens is 1. The van der Waals surface area contributed by atoms with Crippen molar-refractivity contribution in [2.24, 2.45) is 5.92 Å². The normalized spacial score (nSPS) is 23.7. The van der Waals surface area contributed by atoms with Crippen LogP contribution in [-0.4, -0.2) is 48.1 Å². The third kappa shape index (κ3) is 5.13. The molecule has 1 aromatic rings. The number of thioether (sulfide) groups is 1. The molecule has 7 nitrogen and oxygen atoms in total. The number of methoxy groups -OCH3 is 1. The summed E-state index contributed by atoms with van der Waals surface area (Å²) in [6.45, 7) is 2.76. The summed E-state index contributed by atoms with van der Waals surface area (Å²) in [6.07, 6.45) is 3.07. The predicted octanol–water partition coefficient (Wildman–Crippen LogP) is 3.32. The molecule has 164 valence electrons. The summed E-state index contributed by atoms with van der Waals surface area (Å²) in [6, 6.07) is 9.49. The van der Waals surface area contributed by atoms with Gasteiger partial charge in [-0.25, -0.2) is 0 Å². The van der Waals surface area contributed by atoms with Crippen LogP contribution in [0.2, 0.25) is 0 Å². The Labute approximate surface area is 194 Å². The van der Waals surface area contributed by atoms with E-state index in [1.807, 2.05) is 17.9 Å². The van der Waals surface area contributed by atoms with Crippen molar-refractivity contribution in [2.45, 2.75) is 38.1 Å². The van der Waals surface area contributed by atoms with Crippen LogP contribution in [0.25, 0.3) is 0 Å². The molecule has 1 aromatic carbocycles. The van der Waals surface area contributed by atoms with Gasteiger partial charge in [-0.1, -0.05) is 39.8 Å². The first-order valence-electron chi connectivity index (χ1n) is 10.1. The minimum atomic E-state index is -1.18. The molecule has 1 fully saturated rings. The minimum Gasteiger partial charge on any atom is -0.468 e. The molecule has 0 unspecified atom stereocenters. The lowest BCUT2D eigenvalue weighted by molar-refractivity contribution is -0.150. The van der Waals surface area contributed by atoms with Crippen LogP contribution in [0.3, 0.4) is 0 Å². The second-order valence-electron chi connectivity index (χ2n) is 7.60. The molecule has 0 bridgehead atoms. The number of allylic oxidation sites excluding steroid dienone is 1. The quantitative estimate of drug-likeness (QED) is 0.486. The van der Waals surface area contributed by atoms with E-state index >= 15 is 0 Å². The van der Waals surface area contributed by atoms with Crippen molar-refractivity contribution >= 4 is 45.5 Å². The van der Waals surface area contributed by atoms with Gasteiger partial charge in [-0.15, -0.1) is 0 Å². The number of amides is 2. The molecule has 31 heavy (non-hydrogen) atoms. The van der Waals surface area contributed by atoms with E-state index < -0.39 is 23.7 Å². The Morgan fingerprint density at radius 2 is 2.16 bits per heavy atom. The van der Waals surface area contributed by atoms with Crippen LogP contribution in [0.1, 0.15) is 37.7 Å². The van der Waals surface area contributed by atoms with E-state index in [1.165, 1.54) is 7.11 Å². The van der Waals surface area contributed by atoms with Crippen molar-refractivity contribution in [2.75, 3.05) is 19.4 Å². The zero-order chi connectivity index (χ0) is 22.5. The number of esters is 1. The molecule has 0 saturated carbocycles. The second kappa shape index (κ2) is 10.3. The lowest BCUT2D eigenvalue weighted by atomic mass is 9.78. The topological polar surface area (TPSA) is 99.5 Å². The number of hydrogen-bond donors (Lipinski definition) is 1. The van der Waals surface area contributed by atoms with Gasteiger partial charge in [-0.2, -0.15) is 5.26 Å². The maximum Gasteiger partial charge on any atom is 0.319 e. The smallest absolute Gasteiger partial charge is 0.319 e. The van der Waals surface area contributed by atoms with Gasteiger partial charge >= 0.3 is 5.97 Å². The van der Waals surface area contributed by atoms with Gasteiger partial charge < -0.3 is 15.0 Å². The molecule has 0 spiro atoms. The average Bonchev–Trinajstić information content (AvgIpc) is 2.76. The summed E-state index contributed by atoms with van der Waals surface area (Å²) >= 11 is 4.53. The van der Waals surface area contributed by atoms with Gasteiger partial charge in [0.25, 0.3) is 0 Å². The molecule has 0 aliphatic carbocycles. The van der Waals surface area contributed by atoms with Crippen molar-refractivity contribution in [3.8, 4) is 6.07 Å². The highest BCUT2D eigenvalue weighted by molar-refractivity contribution is 9.10. The van der Waals surface area contributed by atoms with Gasteiger partial charge in [0.05, 0.1) is 29.5 Å². The molecule has 0 radical (unpaired) electrons. The van der Waals surface area contributed by atoms with Crippen molar-refractivity contribution in [3.63, 3.8) is 0 Å². The van der Waals surface area contributed by atoms with Crippen LogP contribution in [-0.2, 0) is 19.1 Å². The number of ether oxygens (including phenoxy) is 1. The van der Waals surface area contributed by atoms with E-state index in [1.54, 1.807) is 18.2 Å². The minimum absolute atomic E-state index is 0.0228. The SMILES string of the molecule is COC(=O)[C@@H]1C(=O)NC(SCC(=O)N2CCCC[C@@H]2C)=C(C#N)[C@@H]1c1cccc(Br)c1. The van der Waals surface area contributed by atoms with Crippen LogP contribution < -0.4 is 5.32 Å². The first-order chi connectivity index (χ1) is 14.9. The fourth-order valence-electron chi connectivity index (χ4n) is 4.07. The fourth-order valence-corrected chi connectivity index (χ4v) is 5.42. The molecular weight excluding hydrogens is 482 g/mol. The molecule has 2 amide bonds. The number of nitrogens with zero attached hydrogens (tertiary/aromatic N) is 2. The lowest BCUT2D eigenvalue weighted by Crippen LogP contribution is -2.45. The number of carbonyl (C=O) groups excluding carboxylic acids is 3. The standard InChI is InChI=1S/C22H24BrN3O4S/c1-13-6-3-4-9-26(13)17(27)12-31-21-16(11-24)18(14-7-5-8-15(23)10-14)19(20(28)25-21)22(29)30-2/h5,7-8,10,13,18-19H,3-4,6,9,12H2,1-2H3,(H,25,28)/t13-,18-,19-/m0/s1. The Balaban J connectivity index is 1.92. The highest BCUT2D eigenvalue weighted by Gasteiger charge is 2.44. The Kier molecular flexibility index (Phi) is 7.79. The Bertz CT molecular complexity index is 958. The molecule has 1 N–H and O–H groups in total. The predicted molar refractivity (Wildman–Crippen MR) is 121 cm³/mol. The largest absolute Gasteiger partial charge is 0.468 e. The van der Waals surface area contributed by atoms with Crippen LogP contribution in [0.5, 0.6) is 0 Å². The average molecular weight is 506 g/mol. The number of rotatable bonds is 5. The molecule has 3 atom stereocenters. The first-order valence-corrected chi connectivity index (χ1v) is 11.9. The molecule has 0 aromatic heterocycles. The number of likely N-dealkylation sites (tertiary alicyclic amines) is 1. The summed E-state index contributed by atoms with van der Waals surface area (Å²) in [4.78, 5) is 39.9. The van der Waals surface area contributed by atoms with E-state index in [0.717, 1.165) is 42.0 Å². The summed E-state index contributed by atoms with van der Waals surface area (Å²) in [5, 5.41) is 12.9. The summed E-state index contributed by atoms with van der Waals surface area (Å²) in [7, 11) is 1.21. The summed E-state index contributed by atoms with van der Waals surface area (Å²) in [5.41, 5.74) is 0.892. The van der Waals surface area contributed by atoms with Gasteiger partial charge in [-0.05, 0) is 43.9 Å². The molecule has 2 aliphatic heterocycles. The third-order valence-corrected chi connectivity index (χ3v) is 7.15. The monoisotopic (exact) mass is 505 g/mol. The Morgan fingerprint density at radius 1 is 1.39 bits per heavy atom. The molecule has 3 rings (SSSR count). The van der Waals surface area contributed by atoms with Gasteiger partial charge in [0.2, 0.25) is 11.8 Å². The van der Waals surface area contributed by atoms with E-state index in [2.05, 4.69) is 27.3 Å². The van der Waals surface area contributed by atoms with E-state index in [-0.39, 0.29) is 23.3 Å². The number of piperidine rings is 1. The maximum absolute atomic E-state index is 12.9. The van der Waals surface area contributed by atoms with Crippen LogP contribution >= 0.6 is 27.7 Å². The van der Waals surface area contributed by atoms with Gasteiger partial charge in [0, 0.05) is 23.0 Å².